The summed E-state index contributed by atoms with van der Waals surface area (Å²) in [5.41, 5.74) is -0.805. The van der Waals surface area contributed by atoms with Crippen LogP contribution in [0.4, 0.5) is 18.9 Å². The molecule has 0 bridgehead atoms. The van der Waals surface area contributed by atoms with Gasteiger partial charge >= 0.3 is 6.18 Å². The van der Waals surface area contributed by atoms with Gasteiger partial charge in [-0.05, 0) is 30.5 Å². The van der Waals surface area contributed by atoms with Gasteiger partial charge in [0.25, 0.3) is 0 Å². The van der Waals surface area contributed by atoms with Crippen LogP contribution in [0.15, 0.2) is 18.2 Å². The lowest BCUT2D eigenvalue weighted by atomic mass is 10.0. The fraction of sp³-hybridized carbons (Fsp3) is 0.533. The molecule has 2 rings (SSSR count). The normalized spacial score (nSPS) is 16.2. The number of anilines is 1. The third-order valence-corrected chi connectivity index (χ3v) is 4.15. The topological polar surface area (TPSA) is 29.1 Å². The van der Waals surface area contributed by atoms with Gasteiger partial charge in [-0.3, -0.25) is 4.79 Å². The Hall–Kier alpha value is -1.23. The standard InChI is InChI=1S/C15H17ClF3NO/c16-12-7-6-11(15(17,18)19)9-13(12)20-14(21)8-5-10-3-1-2-4-10/h6-7,9-10H,1-5,8H2,(H,20,21). The third-order valence-electron chi connectivity index (χ3n) is 3.82. The molecule has 21 heavy (non-hydrogen) atoms. The Morgan fingerprint density at radius 2 is 1.95 bits per heavy atom. The van der Waals surface area contributed by atoms with Crippen LogP contribution in [-0.2, 0) is 11.0 Å². The fourth-order valence-electron chi connectivity index (χ4n) is 2.64. The number of carbonyl (C=O) groups is 1. The number of hydrogen-bond acceptors (Lipinski definition) is 1. The summed E-state index contributed by atoms with van der Waals surface area (Å²) in [5.74, 6) is 0.274. The molecule has 6 heteroatoms. The Labute approximate surface area is 126 Å². The highest BCUT2D eigenvalue weighted by atomic mass is 35.5. The molecule has 0 heterocycles. The molecule has 1 aromatic rings. The van der Waals surface area contributed by atoms with Crippen molar-refractivity contribution in [1.82, 2.24) is 0 Å². The van der Waals surface area contributed by atoms with Crippen LogP contribution in [0.3, 0.4) is 0 Å². The maximum atomic E-state index is 12.6. The van der Waals surface area contributed by atoms with Gasteiger partial charge in [0.05, 0.1) is 16.3 Å². The van der Waals surface area contributed by atoms with E-state index in [4.69, 9.17) is 11.6 Å². The van der Waals surface area contributed by atoms with E-state index >= 15 is 0 Å². The van der Waals surface area contributed by atoms with Crippen LogP contribution in [-0.4, -0.2) is 5.91 Å². The largest absolute Gasteiger partial charge is 0.416 e. The average molecular weight is 320 g/mol. The molecular formula is C15H17ClF3NO. The smallest absolute Gasteiger partial charge is 0.325 e. The second-order valence-electron chi connectivity index (χ2n) is 5.43. The molecule has 0 unspecified atom stereocenters. The lowest BCUT2D eigenvalue weighted by Crippen LogP contribution is -2.14. The lowest BCUT2D eigenvalue weighted by molar-refractivity contribution is -0.137. The van der Waals surface area contributed by atoms with E-state index in [1.807, 2.05) is 0 Å². The molecule has 0 aliphatic heterocycles. The summed E-state index contributed by atoms with van der Waals surface area (Å²) in [6.07, 6.45) is 1.32. The molecule has 0 atom stereocenters. The van der Waals surface area contributed by atoms with E-state index in [0.717, 1.165) is 37.5 Å². The van der Waals surface area contributed by atoms with Crippen LogP contribution in [0.25, 0.3) is 0 Å². The van der Waals surface area contributed by atoms with Crippen molar-refractivity contribution in [2.45, 2.75) is 44.7 Å². The maximum Gasteiger partial charge on any atom is 0.416 e. The van der Waals surface area contributed by atoms with Gasteiger partial charge in [0.15, 0.2) is 0 Å². The van der Waals surface area contributed by atoms with Gasteiger partial charge in [-0.25, -0.2) is 0 Å². The van der Waals surface area contributed by atoms with Crippen LogP contribution >= 0.6 is 11.6 Å². The number of nitrogens with one attached hydrogen (secondary N) is 1. The first-order chi connectivity index (χ1) is 9.86. The van der Waals surface area contributed by atoms with Gasteiger partial charge in [0.1, 0.15) is 0 Å². The SMILES string of the molecule is O=C(CCC1CCCC1)Nc1cc(C(F)(F)F)ccc1Cl. The second-order valence-corrected chi connectivity index (χ2v) is 5.84. The molecule has 1 N–H and O–H groups in total. The summed E-state index contributed by atoms with van der Waals surface area (Å²) < 4.78 is 37.9. The van der Waals surface area contributed by atoms with Gasteiger partial charge < -0.3 is 5.32 Å². The van der Waals surface area contributed by atoms with Crippen molar-refractivity contribution >= 4 is 23.2 Å². The number of benzene rings is 1. The van der Waals surface area contributed by atoms with E-state index in [2.05, 4.69) is 5.32 Å². The van der Waals surface area contributed by atoms with E-state index in [1.165, 1.54) is 12.8 Å². The van der Waals surface area contributed by atoms with Gasteiger partial charge in [0, 0.05) is 6.42 Å². The molecule has 2 nitrogen and oxygen atoms in total. The molecule has 1 amide bonds. The molecule has 1 aliphatic rings. The van der Waals surface area contributed by atoms with E-state index in [0.29, 0.717) is 12.3 Å². The molecule has 0 aromatic heterocycles. The minimum Gasteiger partial charge on any atom is -0.325 e. The Balaban J connectivity index is 1.96. The highest BCUT2D eigenvalue weighted by Crippen LogP contribution is 2.34. The zero-order valence-electron chi connectivity index (χ0n) is 11.5. The van der Waals surface area contributed by atoms with Crippen LogP contribution in [0, 0.1) is 5.92 Å². The molecule has 0 spiro atoms. The first-order valence-corrected chi connectivity index (χ1v) is 7.40. The zero-order chi connectivity index (χ0) is 15.5. The zero-order valence-corrected chi connectivity index (χ0v) is 12.2. The summed E-state index contributed by atoms with van der Waals surface area (Å²) in [4.78, 5) is 11.8. The summed E-state index contributed by atoms with van der Waals surface area (Å²) in [6, 6.07) is 2.92. The highest BCUT2D eigenvalue weighted by Gasteiger charge is 2.31. The first kappa shape index (κ1) is 16.1. The van der Waals surface area contributed by atoms with E-state index in [1.54, 1.807) is 0 Å². The van der Waals surface area contributed by atoms with Crippen LogP contribution < -0.4 is 5.32 Å². The van der Waals surface area contributed by atoms with Crippen LogP contribution in [0.2, 0.25) is 5.02 Å². The Morgan fingerprint density at radius 3 is 2.57 bits per heavy atom. The summed E-state index contributed by atoms with van der Waals surface area (Å²) in [6.45, 7) is 0. The van der Waals surface area contributed by atoms with E-state index in [-0.39, 0.29) is 16.6 Å². The maximum absolute atomic E-state index is 12.6. The van der Waals surface area contributed by atoms with E-state index in [9.17, 15) is 18.0 Å². The van der Waals surface area contributed by atoms with E-state index < -0.39 is 11.7 Å². The number of alkyl halides is 3. The van der Waals surface area contributed by atoms with Crippen LogP contribution in [0.1, 0.15) is 44.1 Å². The minimum atomic E-state index is -4.45. The van der Waals surface area contributed by atoms with Crippen molar-refractivity contribution < 1.29 is 18.0 Å². The van der Waals surface area contributed by atoms with Crippen molar-refractivity contribution in [1.29, 1.82) is 0 Å². The van der Waals surface area contributed by atoms with Gasteiger partial charge in [-0.2, -0.15) is 13.2 Å². The number of halogens is 4. The van der Waals surface area contributed by atoms with Gasteiger partial charge in [0.2, 0.25) is 5.91 Å². The Kier molecular flexibility index (Phi) is 5.14. The molecule has 0 radical (unpaired) electrons. The molecular weight excluding hydrogens is 303 g/mol. The molecule has 1 aliphatic carbocycles. The summed E-state index contributed by atoms with van der Waals surface area (Å²) in [5, 5.41) is 2.58. The second kappa shape index (κ2) is 6.69. The number of hydrogen-bond donors (Lipinski definition) is 1. The average Bonchev–Trinajstić information content (AvgIpc) is 2.91. The summed E-state index contributed by atoms with van der Waals surface area (Å²) in [7, 11) is 0. The lowest BCUT2D eigenvalue weighted by Gasteiger charge is -2.12. The van der Waals surface area contributed by atoms with Gasteiger partial charge in [-0.1, -0.05) is 37.3 Å². The fourth-order valence-corrected chi connectivity index (χ4v) is 2.81. The third kappa shape index (κ3) is 4.63. The number of carbonyl (C=O) groups excluding carboxylic acids is 1. The Morgan fingerprint density at radius 1 is 1.29 bits per heavy atom. The molecule has 116 valence electrons. The first-order valence-electron chi connectivity index (χ1n) is 7.03. The molecule has 0 saturated heterocycles. The summed E-state index contributed by atoms with van der Waals surface area (Å²) >= 11 is 5.84. The van der Waals surface area contributed by atoms with Crippen molar-refractivity contribution in [3.8, 4) is 0 Å². The highest BCUT2D eigenvalue weighted by molar-refractivity contribution is 6.33. The van der Waals surface area contributed by atoms with Crippen molar-refractivity contribution in [3.05, 3.63) is 28.8 Å². The van der Waals surface area contributed by atoms with Crippen molar-refractivity contribution in [2.75, 3.05) is 5.32 Å². The Bertz CT molecular complexity index is 510. The predicted molar refractivity (Wildman–Crippen MR) is 76.3 cm³/mol. The van der Waals surface area contributed by atoms with Crippen molar-refractivity contribution in [3.63, 3.8) is 0 Å². The van der Waals surface area contributed by atoms with Gasteiger partial charge in [-0.15, -0.1) is 0 Å². The molecule has 1 saturated carbocycles. The predicted octanol–water partition coefficient (Wildman–Crippen LogP) is 5.27. The number of amides is 1. The van der Waals surface area contributed by atoms with Crippen LogP contribution in [0.5, 0.6) is 0 Å². The quantitative estimate of drug-likeness (QED) is 0.805. The molecule has 1 fully saturated rings. The molecule has 1 aromatic carbocycles. The monoisotopic (exact) mass is 319 g/mol. The van der Waals surface area contributed by atoms with Crippen molar-refractivity contribution in [2.24, 2.45) is 5.92 Å². The minimum absolute atomic E-state index is 0.0166. The number of rotatable bonds is 4.